The molecule has 0 aromatic heterocycles. The van der Waals surface area contributed by atoms with Crippen LogP contribution in [0.4, 0.5) is 0 Å². The van der Waals surface area contributed by atoms with Gasteiger partial charge in [0.1, 0.15) is 6.04 Å². The number of carbonyl (C=O) groups excluding carboxylic acids is 2. The second kappa shape index (κ2) is 10.5. The predicted molar refractivity (Wildman–Crippen MR) is 86.6 cm³/mol. The molecule has 6 nitrogen and oxygen atoms in total. The number of unbranched alkanes of at least 4 members (excludes halogenated alkanes) is 3. The molecule has 0 bridgehead atoms. The molecule has 0 saturated heterocycles. The number of hydrogen-bond donors (Lipinski definition) is 2. The number of carbonyl (C=O) groups is 3. The molecule has 2 N–H and O–H groups in total. The molecule has 0 saturated carbocycles. The Bertz CT molecular complexity index is 505. The summed E-state index contributed by atoms with van der Waals surface area (Å²) in [6, 6.07) is 8.19. The number of carboxylic acid groups (broad SMARTS) is 1. The lowest BCUT2D eigenvalue weighted by Gasteiger charge is -2.25. The molecule has 0 fully saturated rings. The molecule has 126 valence electrons. The van der Waals surface area contributed by atoms with E-state index in [4.69, 9.17) is 0 Å². The molecule has 0 heterocycles. The molecule has 0 unspecified atom stereocenters. The quantitative estimate of drug-likeness (QED) is 0.281. The van der Waals surface area contributed by atoms with E-state index in [1.54, 1.807) is 0 Å². The van der Waals surface area contributed by atoms with Crippen molar-refractivity contribution in [2.45, 2.75) is 45.1 Å². The summed E-state index contributed by atoms with van der Waals surface area (Å²) >= 11 is 0. The molecule has 0 spiro atoms. The Labute approximate surface area is 136 Å². The van der Waals surface area contributed by atoms with E-state index in [1.807, 2.05) is 30.3 Å². The van der Waals surface area contributed by atoms with Gasteiger partial charge in [-0.05, 0) is 12.0 Å². The largest absolute Gasteiger partial charge is 0.480 e. The van der Waals surface area contributed by atoms with E-state index in [1.165, 1.54) is 0 Å². The van der Waals surface area contributed by atoms with Gasteiger partial charge in [0.15, 0.2) is 0 Å². The van der Waals surface area contributed by atoms with Gasteiger partial charge >= 0.3 is 11.9 Å². The van der Waals surface area contributed by atoms with Gasteiger partial charge in [0, 0.05) is 13.0 Å². The van der Waals surface area contributed by atoms with Crippen molar-refractivity contribution < 1.29 is 19.5 Å². The van der Waals surface area contributed by atoms with Gasteiger partial charge in [0.05, 0.1) is 0 Å². The van der Waals surface area contributed by atoms with E-state index >= 15 is 0 Å². The van der Waals surface area contributed by atoms with Crippen molar-refractivity contribution in [3.8, 4) is 0 Å². The third-order valence-electron chi connectivity index (χ3n) is 3.49. The Morgan fingerprint density at radius 2 is 1.91 bits per heavy atom. The van der Waals surface area contributed by atoms with Gasteiger partial charge < -0.3 is 5.11 Å². The summed E-state index contributed by atoms with van der Waals surface area (Å²) < 4.78 is 0. The first kappa shape index (κ1) is 18.8. The van der Waals surface area contributed by atoms with Crippen LogP contribution in [0, 0.1) is 0 Å². The zero-order valence-electron chi connectivity index (χ0n) is 13.4. The first-order chi connectivity index (χ1) is 11.1. The molecule has 0 aliphatic rings. The number of nitrogens with zero attached hydrogens (tertiary/aromatic N) is 1. The van der Waals surface area contributed by atoms with Gasteiger partial charge in [0.2, 0.25) is 6.29 Å². The molecule has 1 aromatic carbocycles. The Balaban J connectivity index is 2.69. The fraction of sp³-hybridized carbons (Fsp3) is 0.471. The minimum Gasteiger partial charge on any atom is -0.480 e. The van der Waals surface area contributed by atoms with Crippen LogP contribution in [0.3, 0.4) is 0 Å². The van der Waals surface area contributed by atoms with E-state index in [9.17, 15) is 19.5 Å². The van der Waals surface area contributed by atoms with Crippen LogP contribution in [0.25, 0.3) is 0 Å². The number of benzene rings is 1. The highest BCUT2D eigenvalue weighted by atomic mass is 16.4. The first-order valence-corrected chi connectivity index (χ1v) is 7.88. The standard InChI is InChI=1S/C17H24N2O4/c1-2-3-4-8-11-19(16(21)13-20)18-15(17(22)23)12-14-9-6-5-7-10-14/h5-7,9-10,13,15,18H,2-4,8,11-12H2,1H3,(H,22,23)/t15-/m0/s1. The highest BCUT2D eigenvalue weighted by Crippen LogP contribution is 2.06. The number of rotatable bonds is 11. The number of aliphatic carboxylic acids is 1. The van der Waals surface area contributed by atoms with Crippen LogP contribution in [0.15, 0.2) is 30.3 Å². The molecule has 6 heteroatoms. The zero-order chi connectivity index (χ0) is 17.1. The van der Waals surface area contributed by atoms with E-state index < -0.39 is 17.9 Å². The average molecular weight is 320 g/mol. The lowest BCUT2D eigenvalue weighted by atomic mass is 10.1. The summed E-state index contributed by atoms with van der Waals surface area (Å²) in [4.78, 5) is 33.9. The fourth-order valence-corrected chi connectivity index (χ4v) is 2.22. The Kier molecular flexibility index (Phi) is 8.60. The summed E-state index contributed by atoms with van der Waals surface area (Å²) in [5.74, 6) is -1.81. The van der Waals surface area contributed by atoms with E-state index in [-0.39, 0.29) is 12.7 Å². The number of hydrazine groups is 1. The molecule has 0 radical (unpaired) electrons. The SMILES string of the molecule is CCCCCCN(N[C@@H](Cc1ccccc1)C(=O)O)C(=O)C=O. The Morgan fingerprint density at radius 1 is 1.22 bits per heavy atom. The average Bonchev–Trinajstić information content (AvgIpc) is 2.56. The van der Waals surface area contributed by atoms with Crippen LogP contribution in [-0.4, -0.2) is 40.9 Å². The topological polar surface area (TPSA) is 86.7 Å². The van der Waals surface area contributed by atoms with Crippen LogP contribution in [0.2, 0.25) is 0 Å². The summed E-state index contributed by atoms with van der Waals surface area (Å²) in [5.41, 5.74) is 3.53. The van der Waals surface area contributed by atoms with Gasteiger partial charge in [-0.3, -0.25) is 19.4 Å². The molecule has 0 aliphatic heterocycles. The van der Waals surface area contributed by atoms with Crippen LogP contribution < -0.4 is 5.43 Å². The molecule has 0 aliphatic carbocycles. The third-order valence-corrected chi connectivity index (χ3v) is 3.49. The maximum Gasteiger partial charge on any atom is 0.322 e. The Hall–Kier alpha value is -2.21. The molecule has 1 atom stereocenters. The number of amides is 1. The first-order valence-electron chi connectivity index (χ1n) is 7.88. The van der Waals surface area contributed by atoms with Crippen molar-refractivity contribution >= 4 is 18.2 Å². The van der Waals surface area contributed by atoms with Crippen molar-refractivity contribution in [3.63, 3.8) is 0 Å². The monoisotopic (exact) mass is 320 g/mol. The summed E-state index contributed by atoms with van der Waals surface area (Å²) in [6.07, 6.45) is 4.17. The maximum absolute atomic E-state index is 11.7. The summed E-state index contributed by atoms with van der Waals surface area (Å²) in [7, 11) is 0. The minimum absolute atomic E-state index is 0.203. The number of hydrogen-bond acceptors (Lipinski definition) is 4. The summed E-state index contributed by atoms with van der Waals surface area (Å²) in [5, 5.41) is 10.5. The van der Waals surface area contributed by atoms with E-state index in [0.717, 1.165) is 36.3 Å². The van der Waals surface area contributed by atoms with E-state index in [2.05, 4.69) is 12.3 Å². The highest BCUT2D eigenvalue weighted by molar-refractivity contribution is 6.23. The normalized spacial score (nSPS) is 11.7. The van der Waals surface area contributed by atoms with Crippen LogP contribution >= 0.6 is 0 Å². The molecule has 1 amide bonds. The third kappa shape index (κ3) is 7.06. The van der Waals surface area contributed by atoms with Crippen LogP contribution in [-0.2, 0) is 20.8 Å². The zero-order valence-corrected chi connectivity index (χ0v) is 13.4. The Morgan fingerprint density at radius 3 is 2.48 bits per heavy atom. The van der Waals surface area contributed by atoms with Crippen molar-refractivity contribution in [3.05, 3.63) is 35.9 Å². The predicted octanol–water partition coefficient (Wildman–Crippen LogP) is 1.79. The van der Waals surface area contributed by atoms with Crippen LogP contribution in [0.5, 0.6) is 0 Å². The fourth-order valence-electron chi connectivity index (χ4n) is 2.22. The lowest BCUT2D eigenvalue weighted by molar-refractivity contribution is -0.146. The second-order valence-electron chi connectivity index (χ2n) is 5.38. The van der Waals surface area contributed by atoms with Gasteiger partial charge in [-0.15, -0.1) is 0 Å². The number of nitrogens with one attached hydrogen (secondary N) is 1. The van der Waals surface area contributed by atoms with Crippen molar-refractivity contribution in [2.24, 2.45) is 0 Å². The van der Waals surface area contributed by atoms with Gasteiger partial charge in [-0.2, -0.15) is 0 Å². The number of carboxylic acids is 1. The molecular formula is C17H24N2O4. The molecule has 23 heavy (non-hydrogen) atoms. The van der Waals surface area contributed by atoms with E-state index in [0.29, 0.717) is 6.54 Å². The minimum atomic E-state index is -1.06. The van der Waals surface area contributed by atoms with Gasteiger partial charge in [0.25, 0.3) is 0 Å². The van der Waals surface area contributed by atoms with Crippen molar-refractivity contribution in [1.29, 1.82) is 0 Å². The molecule has 1 aromatic rings. The second-order valence-corrected chi connectivity index (χ2v) is 5.38. The lowest BCUT2D eigenvalue weighted by Crippen LogP contribution is -2.52. The molecule has 1 rings (SSSR count). The maximum atomic E-state index is 11.7. The van der Waals surface area contributed by atoms with Crippen LogP contribution in [0.1, 0.15) is 38.2 Å². The smallest absolute Gasteiger partial charge is 0.322 e. The molecular weight excluding hydrogens is 296 g/mol. The van der Waals surface area contributed by atoms with Gasteiger partial charge in [-0.25, -0.2) is 5.43 Å². The van der Waals surface area contributed by atoms with Gasteiger partial charge in [-0.1, -0.05) is 56.5 Å². The highest BCUT2D eigenvalue weighted by Gasteiger charge is 2.23. The summed E-state index contributed by atoms with van der Waals surface area (Å²) in [6.45, 7) is 2.39. The van der Waals surface area contributed by atoms with Crippen molar-refractivity contribution in [2.75, 3.05) is 6.54 Å². The van der Waals surface area contributed by atoms with Crippen molar-refractivity contribution in [1.82, 2.24) is 10.4 Å². The number of aldehydes is 1.